The summed E-state index contributed by atoms with van der Waals surface area (Å²) >= 11 is 10.6. The molecule has 2 nitrogen and oxygen atoms in total. The standard InChI is InChI=1S/C14H24N2S4Te/c17-13(15-11-7-3-1-4-8-11)19-21-20-14(18)16-12-9-5-2-6-10-12/h11-12H,1-10H2,(H,15,17)(H,16,18). The Morgan fingerprint density at radius 2 is 1.10 bits per heavy atom. The Morgan fingerprint density at radius 1 is 0.714 bits per heavy atom. The van der Waals surface area contributed by atoms with E-state index in [1.165, 1.54) is 64.2 Å². The maximum absolute atomic E-state index is 5.46. The first kappa shape index (κ1) is 18.6. The van der Waals surface area contributed by atoms with Gasteiger partial charge in [-0.05, 0) is 0 Å². The first-order chi connectivity index (χ1) is 10.2. The number of hydrogen-bond donors (Lipinski definition) is 2. The van der Waals surface area contributed by atoms with E-state index in [1.54, 1.807) is 0 Å². The molecule has 0 aromatic heterocycles. The molecule has 2 saturated carbocycles. The Kier molecular flexibility index (Phi) is 9.69. The Hall–Kier alpha value is 1.27. The molecular formula is C14H24N2S4Te. The van der Waals surface area contributed by atoms with Crippen LogP contribution >= 0.6 is 42.4 Å². The van der Waals surface area contributed by atoms with Gasteiger partial charge in [-0.25, -0.2) is 0 Å². The van der Waals surface area contributed by atoms with Crippen LogP contribution in [0.4, 0.5) is 0 Å². The van der Waals surface area contributed by atoms with Crippen LogP contribution in [0, 0.1) is 0 Å². The molecule has 2 fully saturated rings. The van der Waals surface area contributed by atoms with Gasteiger partial charge in [-0.3, -0.25) is 0 Å². The molecule has 0 heterocycles. The molecule has 0 aliphatic heterocycles. The quantitative estimate of drug-likeness (QED) is 0.461. The van der Waals surface area contributed by atoms with Crippen molar-refractivity contribution < 1.29 is 0 Å². The van der Waals surface area contributed by atoms with Gasteiger partial charge in [0.1, 0.15) is 0 Å². The Balaban J connectivity index is 1.53. The third kappa shape index (κ3) is 8.08. The van der Waals surface area contributed by atoms with Crippen LogP contribution in [0.5, 0.6) is 0 Å². The average molecular weight is 476 g/mol. The molecule has 0 unspecified atom stereocenters. The van der Waals surface area contributed by atoms with Gasteiger partial charge in [-0.15, -0.1) is 0 Å². The van der Waals surface area contributed by atoms with Crippen molar-refractivity contribution in [2.75, 3.05) is 0 Å². The maximum atomic E-state index is 5.46. The van der Waals surface area contributed by atoms with Crippen LogP contribution in [0.25, 0.3) is 0 Å². The molecule has 120 valence electrons. The summed E-state index contributed by atoms with van der Waals surface area (Å²) in [6.07, 6.45) is 13.3. The van der Waals surface area contributed by atoms with E-state index in [-0.39, 0.29) is 18.2 Å². The van der Waals surface area contributed by atoms with Gasteiger partial charge in [0.25, 0.3) is 0 Å². The van der Waals surface area contributed by atoms with Crippen molar-refractivity contribution in [1.29, 1.82) is 0 Å². The number of hydrogen-bond acceptors (Lipinski definition) is 4. The molecule has 0 saturated heterocycles. The summed E-state index contributed by atoms with van der Waals surface area (Å²) in [6, 6.07) is 1.26. The summed E-state index contributed by atoms with van der Waals surface area (Å²) in [7, 11) is 3.69. The molecule has 0 amide bonds. The average Bonchev–Trinajstić information content (AvgIpc) is 2.49. The predicted molar refractivity (Wildman–Crippen MR) is 106 cm³/mol. The molecule has 0 aromatic carbocycles. The molecular weight excluding hydrogens is 452 g/mol. The van der Waals surface area contributed by atoms with E-state index in [4.69, 9.17) is 24.4 Å². The third-order valence-electron chi connectivity index (χ3n) is 4.07. The van der Waals surface area contributed by atoms with Gasteiger partial charge in [-0.2, -0.15) is 0 Å². The van der Waals surface area contributed by atoms with Crippen LogP contribution in [0.15, 0.2) is 0 Å². The fourth-order valence-electron chi connectivity index (χ4n) is 2.95. The molecule has 2 rings (SSSR count). The molecule has 2 aliphatic rings. The van der Waals surface area contributed by atoms with Gasteiger partial charge in [0.2, 0.25) is 0 Å². The molecule has 21 heavy (non-hydrogen) atoms. The van der Waals surface area contributed by atoms with E-state index >= 15 is 0 Å². The van der Waals surface area contributed by atoms with E-state index in [0.717, 1.165) is 8.64 Å². The van der Waals surface area contributed by atoms with Crippen molar-refractivity contribution in [2.45, 2.75) is 76.3 Å². The van der Waals surface area contributed by atoms with Crippen molar-refractivity contribution in [2.24, 2.45) is 0 Å². The zero-order valence-electron chi connectivity index (χ0n) is 12.3. The molecule has 2 N–H and O–H groups in total. The summed E-state index contributed by atoms with van der Waals surface area (Å²) in [5.41, 5.74) is 0. The Bertz CT molecular complexity index is 310. The Morgan fingerprint density at radius 3 is 1.48 bits per heavy atom. The molecule has 7 heteroatoms. The zero-order chi connectivity index (χ0) is 14.9. The summed E-state index contributed by atoms with van der Waals surface area (Å²) < 4.78 is 1.99. The number of nitrogens with one attached hydrogen (secondary N) is 2. The van der Waals surface area contributed by atoms with Crippen LogP contribution in [-0.4, -0.2) is 38.9 Å². The summed E-state index contributed by atoms with van der Waals surface area (Å²) in [6.45, 7) is 0. The Labute approximate surface area is 155 Å². The van der Waals surface area contributed by atoms with E-state index in [9.17, 15) is 0 Å². The topological polar surface area (TPSA) is 24.1 Å². The van der Waals surface area contributed by atoms with Crippen molar-refractivity contribution in [1.82, 2.24) is 10.6 Å². The zero-order valence-corrected chi connectivity index (χ0v) is 17.9. The van der Waals surface area contributed by atoms with Gasteiger partial charge in [-0.1, -0.05) is 0 Å². The SMILES string of the molecule is S=C(NC1CCCCC1)S[Te]SC(=S)NC1CCCCC1. The fourth-order valence-corrected chi connectivity index (χ4v) is 12.6. The summed E-state index contributed by atoms with van der Waals surface area (Å²) in [5.74, 6) is 0. The van der Waals surface area contributed by atoms with Gasteiger partial charge in [0.15, 0.2) is 0 Å². The van der Waals surface area contributed by atoms with E-state index < -0.39 is 0 Å². The van der Waals surface area contributed by atoms with Gasteiger partial charge < -0.3 is 0 Å². The molecule has 0 atom stereocenters. The summed E-state index contributed by atoms with van der Waals surface area (Å²) in [4.78, 5) is 0. The third-order valence-corrected chi connectivity index (χ3v) is 14.2. The molecule has 0 radical (unpaired) electrons. The van der Waals surface area contributed by atoms with Gasteiger partial charge in [0, 0.05) is 0 Å². The van der Waals surface area contributed by atoms with E-state index in [0.29, 0.717) is 12.1 Å². The number of thiocarbonyl (C=S) groups is 2. The molecule has 2 aliphatic carbocycles. The second-order valence-corrected chi connectivity index (χ2v) is 15.1. The normalized spacial score (nSPS) is 21.0. The van der Waals surface area contributed by atoms with Gasteiger partial charge >= 0.3 is 156 Å². The monoisotopic (exact) mass is 478 g/mol. The van der Waals surface area contributed by atoms with Crippen LogP contribution in [0.2, 0.25) is 0 Å². The molecule has 0 aromatic rings. The minimum atomic E-state index is -0.270. The number of rotatable bonds is 4. The minimum absolute atomic E-state index is 0.270. The van der Waals surface area contributed by atoms with Crippen LogP contribution in [0.1, 0.15) is 64.2 Å². The van der Waals surface area contributed by atoms with Crippen LogP contribution in [-0.2, 0) is 0 Å². The van der Waals surface area contributed by atoms with E-state index in [1.807, 2.05) is 18.0 Å². The fraction of sp³-hybridized carbons (Fsp3) is 0.857. The molecule has 0 bridgehead atoms. The predicted octanol–water partition coefficient (Wildman–Crippen LogP) is 4.40. The second-order valence-electron chi connectivity index (χ2n) is 5.77. The second kappa shape index (κ2) is 10.9. The van der Waals surface area contributed by atoms with E-state index in [2.05, 4.69) is 10.6 Å². The first-order valence-electron chi connectivity index (χ1n) is 7.86. The van der Waals surface area contributed by atoms with Gasteiger partial charge in [0.05, 0.1) is 0 Å². The van der Waals surface area contributed by atoms with Crippen molar-refractivity contribution in [3.63, 3.8) is 0 Å². The molecule has 0 spiro atoms. The summed E-state index contributed by atoms with van der Waals surface area (Å²) in [5, 5.41) is 7.05. The van der Waals surface area contributed by atoms with Crippen molar-refractivity contribution in [3.05, 3.63) is 0 Å². The van der Waals surface area contributed by atoms with Crippen LogP contribution < -0.4 is 10.6 Å². The first-order valence-corrected chi connectivity index (χ1v) is 15.9. The van der Waals surface area contributed by atoms with Crippen molar-refractivity contribution in [3.8, 4) is 0 Å². The van der Waals surface area contributed by atoms with Crippen molar-refractivity contribution >= 4 is 69.2 Å². The van der Waals surface area contributed by atoms with Crippen LogP contribution in [0.3, 0.4) is 0 Å².